The second-order valence-corrected chi connectivity index (χ2v) is 2.58. The summed E-state index contributed by atoms with van der Waals surface area (Å²) in [6, 6.07) is 0. The second-order valence-electron chi connectivity index (χ2n) is 2.58. The quantitative estimate of drug-likeness (QED) is 0.614. The molecule has 0 aromatic rings. The maximum atomic E-state index is 11.1. The molecule has 0 atom stereocenters. The van der Waals surface area contributed by atoms with Crippen LogP contribution in [0, 0.1) is 0 Å². The number of carbonyl (C=O) groups is 2. The number of amides is 2. The van der Waals surface area contributed by atoms with Gasteiger partial charge in [-0.05, 0) is 6.42 Å². The number of hydrazine groups is 1. The molecule has 1 rings (SSSR count). The second kappa shape index (κ2) is 3.37. The average Bonchev–Trinajstić information content (AvgIpc) is 2.36. The lowest BCUT2D eigenvalue weighted by Gasteiger charge is -2.13. The van der Waals surface area contributed by atoms with Gasteiger partial charge < -0.3 is 0 Å². The largest absolute Gasteiger partial charge is 0.273 e. The molecule has 1 aliphatic heterocycles. The lowest BCUT2D eigenvalue weighted by molar-refractivity contribution is -0.136. The van der Waals surface area contributed by atoms with Gasteiger partial charge in [0.1, 0.15) is 0 Å². The fourth-order valence-corrected chi connectivity index (χ4v) is 1.01. The van der Waals surface area contributed by atoms with Crippen molar-refractivity contribution in [3.63, 3.8) is 0 Å². The van der Waals surface area contributed by atoms with Crippen molar-refractivity contribution in [1.29, 1.82) is 0 Å². The molecular formula is C7H12N2O2. The van der Waals surface area contributed by atoms with E-state index in [0.29, 0.717) is 19.4 Å². The third kappa shape index (κ3) is 1.93. The fraction of sp³-hybridized carbons (Fsp3) is 0.714. The molecule has 2 amide bonds. The van der Waals surface area contributed by atoms with Gasteiger partial charge in [-0.2, -0.15) is 0 Å². The first-order chi connectivity index (χ1) is 5.24. The Balaban J connectivity index is 2.37. The molecule has 0 aromatic carbocycles. The van der Waals surface area contributed by atoms with Crippen LogP contribution in [0.15, 0.2) is 0 Å². The molecule has 1 N–H and O–H groups in total. The standard InChI is InChI=1S/C7H12N2O2/c1-2-3-7(11)9-5-4-6(10)8-9/h2-5H2,1H3,(H,8,10). The Hall–Kier alpha value is -1.06. The van der Waals surface area contributed by atoms with Crippen LogP contribution in [0.3, 0.4) is 0 Å². The zero-order valence-corrected chi connectivity index (χ0v) is 6.59. The van der Waals surface area contributed by atoms with Crippen LogP contribution < -0.4 is 5.43 Å². The molecule has 1 aliphatic rings. The Morgan fingerprint density at radius 1 is 1.73 bits per heavy atom. The minimum atomic E-state index is -0.0607. The van der Waals surface area contributed by atoms with E-state index in [0.717, 1.165) is 6.42 Å². The molecule has 1 saturated heterocycles. The summed E-state index contributed by atoms with van der Waals surface area (Å²) in [5, 5.41) is 1.39. The van der Waals surface area contributed by atoms with E-state index in [4.69, 9.17) is 0 Å². The molecule has 0 aliphatic carbocycles. The zero-order valence-electron chi connectivity index (χ0n) is 6.59. The van der Waals surface area contributed by atoms with Crippen molar-refractivity contribution in [2.75, 3.05) is 6.54 Å². The van der Waals surface area contributed by atoms with E-state index >= 15 is 0 Å². The Kier molecular flexibility index (Phi) is 2.46. The van der Waals surface area contributed by atoms with Crippen LogP contribution in [0.2, 0.25) is 0 Å². The van der Waals surface area contributed by atoms with Gasteiger partial charge in [-0.15, -0.1) is 0 Å². The molecule has 0 aromatic heterocycles. The third-order valence-corrected chi connectivity index (χ3v) is 1.59. The van der Waals surface area contributed by atoms with Gasteiger partial charge in [0.25, 0.3) is 0 Å². The average molecular weight is 156 g/mol. The van der Waals surface area contributed by atoms with Crippen molar-refractivity contribution in [2.24, 2.45) is 0 Å². The highest BCUT2D eigenvalue weighted by Gasteiger charge is 2.21. The first kappa shape index (κ1) is 8.04. The molecule has 11 heavy (non-hydrogen) atoms. The Morgan fingerprint density at radius 2 is 2.45 bits per heavy atom. The summed E-state index contributed by atoms with van der Waals surface area (Å²) < 4.78 is 0. The van der Waals surface area contributed by atoms with Crippen LogP contribution >= 0.6 is 0 Å². The van der Waals surface area contributed by atoms with Gasteiger partial charge in [0.2, 0.25) is 11.8 Å². The normalized spacial score (nSPS) is 16.8. The molecule has 0 bridgehead atoms. The lowest BCUT2D eigenvalue weighted by atomic mass is 10.3. The summed E-state index contributed by atoms with van der Waals surface area (Å²) in [4.78, 5) is 21.8. The summed E-state index contributed by atoms with van der Waals surface area (Å²) >= 11 is 0. The van der Waals surface area contributed by atoms with Crippen LogP contribution in [0.1, 0.15) is 26.2 Å². The van der Waals surface area contributed by atoms with E-state index in [-0.39, 0.29) is 11.8 Å². The molecule has 1 fully saturated rings. The predicted molar refractivity (Wildman–Crippen MR) is 39.4 cm³/mol. The molecule has 1 heterocycles. The molecule has 4 heteroatoms. The molecule has 0 spiro atoms. The highest BCUT2D eigenvalue weighted by Crippen LogP contribution is 2.01. The van der Waals surface area contributed by atoms with E-state index in [1.807, 2.05) is 6.92 Å². The third-order valence-electron chi connectivity index (χ3n) is 1.59. The molecule has 0 radical (unpaired) electrons. The number of rotatable bonds is 2. The maximum Gasteiger partial charge on any atom is 0.240 e. The summed E-state index contributed by atoms with van der Waals surface area (Å²) in [5.41, 5.74) is 2.48. The van der Waals surface area contributed by atoms with Crippen molar-refractivity contribution < 1.29 is 9.59 Å². The number of hydrogen-bond donors (Lipinski definition) is 1. The van der Waals surface area contributed by atoms with Crippen LogP contribution in [0.25, 0.3) is 0 Å². The maximum absolute atomic E-state index is 11.1. The van der Waals surface area contributed by atoms with Crippen LogP contribution in [0.4, 0.5) is 0 Å². The predicted octanol–water partition coefficient (Wildman–Crippen LogP) is 0.0500. The van der Waals surface area contributed by atoms with Crippen molar-refractivity contribution in [2.45, 2.75) is 26.2 Å². The van der Waals surface area contributed by atoms with Crippen LogP contribution in [0.5, 0.6) is 0 Å². The van der Waals surface area contributed by atoms with Gasteiger partial charge in [0.05, 0.1) is 6.54 Å². The number of hydrogen-bond acceptors (Lipinski definition) is 2. The molecular weight excluding hydrogens is 144 g/mol. The van der Waals surface area contributed by atoms with Gasteiger partial charge in [-0.3, -0.25) is 20.0 Å². The lowest BCUT2D eigenvalue weighted by Crippen LogP contribution is -2.38. The fourth-order valence-electron chi connectivity index (χ4n) is 1.01. The molecule has 4 nitrogen and oxygen atoms in total. The van der Waals surface area contributed by atoms with Crippen molar-refractivity contribution in [1.82, 2.24) is 10.4 Å². The van der Waals surface area contributed by atoms with E-state index < -0.39 is 0 Å². The highest BCUT2D eigenvalue weighted by molar-refractivity contribution is 5.85. The number of nitrogens with zero attached hydrogens (tertiary/aromatic N) is 1. The smallest absolute Gasteiger partial charge is 0.240 e. The summed E-state index contributed by atoms with van der Waals surface area (Å²) in [6.45, 7) is 2.47. The van der Waals surface area contributed by atoms with Crippen molar-refractivity contribution >= 4 is 11.8 Å². The number of carbonyl (C=O) groups excluding carboxylic acids is 2. The molecule has 0 unspecified atom stereocenters. The topological polar surface area (TPSA) is 49.4 Å². The van der Waals surface area contributed by atoms with Crippen LogP contribution in [-0.4, -0.2) is 23.4 Å². The van der Waals surface area contributed by atoms with Gasteiger partial charge in [0, 0.05) is 12.8 Å². The summed E-state index contributed by atoms with van der Waals surface area (Å²) in [6.07, 6.45) is 1.78. The summed E-state index contributed by atoms with van der Waals surface area (Å²) in [5.74, 6) is -0.0483. The van der Waals surface area contributed by atoms with E-state index in [1.165, 1.54) is 5.01 Å². The minimum Gasteiger partial charge on any atom is -0.273 e. The Bertz CT molecular complexity index is 179. The van der Waals surface area contributed by atoms with Crippen molar-refractivity contribution in [3.8, 4) is 0 Å². The number of nitrogens with one attached hydrogen (secondary N) is 1. The van der Waals surface area contributed by atoms with E-state index in [9.17, 15) is 9.59 Å². The van der Waals surface area contributed by atoms with Crippen LogP contribution in [-0.2, 0) is 9.59 Å². The first-order valence-corrected chi connectivity index (χ1v) is 3.84. The molecule has 62 valence electrons. The van der Waals surface area contributed by atoms with Crippen molar-refractivity contribution in [3.05, 3.63) is 0 Å². The zero-order chi connectivity index (χ0) is 8.27. The highest BCUT2D eigenvalue weighted by atomic mass is 16.2. The van der Waals surface area contributed by atoms with Gasteiger partial charge >= 0.3 is 0 Å². The molecule has 0 saturated carbocycles. The SMILES string of the molecule is CCCC(=O)N1CCC(=O)N1. The monoisotopic (exact) mass is 156 g/mol. The van der Waals surface area contributed by atoms with Gasteiger partial charge in [0.15, 0.2) is 0 Å². The Labute approximate surface area is 65.5 Å². The Morgan fingerprint density at radius 3 is 2.91 bits per heavy atom. The first-order valence-electron chi connectivity index (χ1n) is 3.84. The van der Waals surface area contributed by atoms with Gasteiger partial charge in [-0.1, -0.05) is 6.92 Å². The van der Waals surface area contributed by atoms with E-state index in [1.54, 1.807) is 0 Å². The summed E-state index contributed by atoms with van der Waals surface area (Å²) in [7, 11) is 0. The van der Waals surface area contributed by atoms with Gasteiger partial charge in [-0.25, -0.2) is 0 Å². The minimum absolute atomic E-state index is 0.0124. The van der Waals surface area contributed by atoms with E-state index in [2.05, 4.69) is 5.43 Å².